The van der Waals surface area contributed by atoms with Crippen LogP contribution in [0.2, 0.25) is 5.02 Å². The van der Waals surface area contributed by atoms with Crippen molar-refractivity contribution >= 4 is 38.2 Å². The lowest BCUT2D eigenvalue weighted by Crippen LogP contribution is -2.14. The highest BCUT2D eigenvalue weighted by atomic mass is 35.5. The SMILES string of the molecule is Cc1ccc(Cl)cc1NS(=O)(=O)c1ccc(F)c2ncccc12. The second kappa shape index (κ2) is 5.79. The lowest BCUT2D eigenvalue weighted by Gasteiger charge is -2.12. The molecule has 1 heterocycles. The normalized spacial score (nSPS) is 11.6. The van der Waals surface area contributed by atoms with Crippen molar-refractivity contribution in [2.45, 2.75) is 11.8 Å². The molecule has 7 heteroatoms. The van der Waals surface area contributed by atoms with E-state index < -0.39 is 15.8 Å². The van der Waals surface area contributed by atoms with E-state index in [1.165, 1.54) is 24.4 Å². The summed E-state index contributed by atoms with van der Waals surface area (Å²) in [7, 11) is -3.91. The monoisotopic (exact) mass is 350 g/mol. The summed E-state index contributed by atoms with van der Waals surface area (Å²) in [5.41, 5.74) is 1.11. The minimum atomic E-state index is -3.91. The number of rotatable bonds is 3. The fourth-order valence-corrected chi connectivity index (χ4v) is 3.74. The van der Waals surface area contributed by atoms with Gasteiger partial charge in [-0.05, 0) is 48.9 Å². The highest BCUT2D eigenvalue weighted by Crippen LogP contribution is 2.27. The van der Waals surface area contributed by atoms with Gasteiger partial charge in [-0.25, -0.2) is 12.8 Å². The smallest absolute Gasteiger partial charge is 0.262 e. The van der Waals surface area contributed by atoms with E-state index in [9.17, 15) is 12.8 Å². The fourth-order valence-electron chi connectivity index (χ4n) is 2.25. The summed E-state index contributed by atoms with van der Waals surface area (Å²) in [4.78, 5) is 3.86. The summed E-state index contributed by atoms with van der Waals surface area (Å²) in [5, 5.41) is 0.638. The van der Waals surface area contributed by atoms with Gasteiger partial charge in [0, 0.05) is 16.6 Å². The van der Waals surface area contributed by atoms with Gasteiger partial charge in [-0.2, -0.15) is 0 Å². The lowest BCUT2D eigenvalue weighted by atomic mass is 10.2. The van der Waals surface area contributed by atoms with Gasteiger partial charge in [0.05, 0.1) is 10.6 Å². The maximum atomic E-state index is 13.8. The van der Waals surface area contributed by atoms with E-state index in [-0.39, 0.29) is 15.8 Å². The Morgan fingerprint density at radius 3 is 2.74 bits per heavy atom. The van der Waals surface area contributed by atoms with Crippen molar-refractivity contribution in [2.75, 3.05) is 4.72 Å². The van der Waals surface area contributed by atoms with Crippen LogP contribution >= 0.6 is 11.6 Å². The van der Waals surface area contributed by atoms with Gasteiger partial charge in [0.1, 0.15) is 11.3 Å². The number of aromatic nitrogens is 1. The Morgan fingerprint density at radius 1 is 1.17 bits per heavy atom. The molecule has 23 heavy (non-hydrogen) atoms. The molecule has 0 saturated carbocycles. The van der Waals surface area contributed by atoms with Crippen molar-refractivity contribution < 1.29 is 12.8 Å². The zero-order valence-electron chi connectivity index (χ0n) is 12.0. The summed E-state index contributed by atoms with van der Waals surface area (Å²) < 4.78 is 41.7. The van der Waals surface area contributed by atoms with Crippen LogP contribution in [0.1, 0.15) is 5.56 Å². The molecule has 1 aromatic heterocycles. The Hall–Kier alpha value is -2.18. The molecule has 0 unspecified atom stereocenters. The number of pyridine rings is 1. The number of nitrogens with one attached hydrogen (secondary N) is 1. The van der Waals surface area contributed by atoms with Crippen molar-refractivity contribution in [1.29, 1.82) is 0 Å². The van der Waals surface area contributed by atoms with Crippen LogP contribution in [0.15, 0.2) is 53.6 Å². The molecule has 0 amide bonds. The second-order valence-corrected chi connectivity index (χ2v) is 7.10. The van der Waals surface area contributed by atoms with Gasteiger partial charge in [0.2, 0.25) is 0 Å². The summed E-state index contributed by atoms with van der Waals surface area (Å²) in [6, 6.07) is 10.3. The molecular formula is C16H12ClFN2O2S. The lowest BCUT2D eigenvalue weighted by molar-refractivity contribution is 0.601. The van der Waals surface area contributed by atoms with Crippen LogP contribution in [0, 0.1) is 12.7 Å². The van der Waals surface area contributed by atoms with Crippen LogP contribution in [0.5, 0.6) is 0 Å². The average Bonchev–Trinajstić information content (AvgIpc) is 2.51. The number of sulfonamides is 1. The van der Waals surface area contributed by atoms with E-state index in [4.69, 9.17) is 11.6 Å². The Bertz CT molecular complexity index is 1010. The number of hydrogen-bond acceptors (Lipinski definition) is 3. The molecule has 0 atom stereocenters. The first-order chi connectivity index (χ1) is 10.9. The topological polar surface area (TPSA) is 59.1 Å². The van der Waals surface area contributed by atoms with E-state index in [2.05, 4.69) is 9.71 Å². The summed E-state index contributed by atoms with van der Waals surface area (Å²) in [6.07, 6.45) is 1.41. The fraction of sp³-hybridized carbons (Fsp3) is 0.0625. The summed E-state index contributed by atoms with van der Waals surface area (Å²) in [6.45, 7) is 1.76. The maximum absolute atomic E-state index is 13.8. The third-order valence-electron chi connectivity index (χ3n) is 3.41. The number of halogens is 2. The van der Waals surface area contributed by atoms with Gasteiger partial charge in [-0.1, -0.05) is 17.7 Å². The predicted octanol–water partition coefficient (Wildman–Crippen LogP) is 4.14. The highest BCUT2D eigenvalue weighted by molar-refractivity contribution is 7.93. The molecule has 0 radical (unpaired) electrons. The molecule has 0 saturated heterocycles. The molecular weight excluding hydrogens is 339 g/mol. The zero-order chi connectivity index (χ0) is 16.6. The minimum Gasteiger partial charge on any atom is -0.279 e. The molecule has 0 aliphatic carbocycles. The Labute approximate surface area is 138 Å². The molecule has 2 aromatic carbocycles. The van der Waals surface area contributed by atoms with Gasteiger partial charge < -0.3 is 0 Å². The quantitative estimate of drug-likeness (QED) is 0.772. The van der Waals surface area contributed by atoms with Crippen molar-refractivity contribution in [3.8, 4) is 0 Å². The first-order valence-corrected chi connectivity index (χ1v) is 8.57. The van der Waals surface area contributed by atoms with Crippen molar-refractivity contribution in [2.24, 2.45) is 0 Å². The Balaban J connectivity index is 2.14. The second-order valence-electron chi connectivity index (χ2n) is 5.01. The molecule has 1 N–H and O–H groups in total. The van der Waals surface area contributed by atoms with Crippen molar-refractivity contribution in [3.05, 3.63) is 65.1 Å². The minimum absolute atomic E-state index is 0.0122. The van der Waals surface area contributed by atoms with E-state index in [0.29, 0.717) is 10.7 Å². The molecule has 0 aliphatic heterocycles. The summed E-state index contributed by atoms with van der Waals surface area (Å²) in [5.74, 6) is -0.571. The largest absolute Gasteiger partial charge is 0.279 e. The first-order valence-electron chi connectivity index (χ1n) is 6.71. The Kier molecular flexibility index (Phi) is 3.95. The predicted molar refractivity (Wildman–Crippen MR) is 88.7 cm³/mol. The number of nitrogens with zero attached hydrogens (tertiary/aromatic N) is 1. The third-order valence-corrected chi connectivity index (χ3v) is 5.07. The molecule has 0 spiro atoms. The van der Waals surface area contributed by atoms with Gasteiger partial charge in [0.15, 0.2) is 0 Å². The van der Waals surface area contributed by atoms with Crippen LogP contribution < -0.4 is 4.72 Å². The summed E-state index contributed by atoms with van der Waals surface area (Å²) >= 11 is 5.91. The van der Waals surface area contributed by atoms with Crippen molar-refractivity contribution in [1.82, 2.24) is 4.98 Å². The van der Waals surface area contributed by atoms with Gasteiger partial charge in [0.25, 0.3) is 10.0 Å². The van der Waals surface area contributed by atoms with Gasteiger partial charge >= 0.3 is 0 Å². The number of aryl methyl sites for hydroxylation is 1. The van der Waals surface area contributed by atoms with E-state index in [1.807, 2.05) is 0 Å². The third kappa shape index (κ3) is 3.00. The molecule has 3 aromatic rings. The van der Waals surface area contributed by atoms with E-state index in [1.54, 1.807) is 25.1 Å². The van der Waals surface area contributed by atoms with Gasteiger partial charge in [-0.15, -0.1) is 0 Å². The molecule has 4 nitrogen and oxygen atoms in total. The number of benzene rings is 2. The molecule has 0 aliphatic rings. The van der Waals surface area contributed by atoms with Crippen LogP contribution in [0.25, 0.3) is 10.9 Å². The maximum Gasteiger partial charge on any atom is 0.262 e. The number of hydrogen-bond donors (Lipinski definition) is 1. The Morgan fingerprint density at radius 2 is 1.96 bits per heavy atom. The standard InChI is InChI=1S/C16H12ClFN2O2S/c1-10-4-5-11(17)9-14(10)20-23(21,22)15-7-6-13(18)16-12(15)3-2-8-19-16/h2-9,20H,1H3. The number of fused-ring (bicyclic) bond motifs is 1. The molecule has 3 rings (SSSR count). The van der Waals surface area contributed by atoms with Crippen molar-refractivity contribution in [3.63, 3.8) is 0 Å². The van der Waals surface area contributed by atoms with Crippen LogP contribution in [-0.4, -0.2) is 13.4 Å². The first kappa shape index (κ1) is 15.7. The van der Waals surface area contributed by atoms with Crippen LogP contribution in [0.3, 0.4) is 0 Å². The van der Waals surface area contributed by atoms with Crippen LogP contribution in [-0.2, 0) is 10.0 Å². The highest BCUT2D eigenvalue weighted by Gasteiger charge is 2.20. The van der Waals surface area contributed by atoms with E-state index >= 15 is 0 Å². The molecule has 0 bridgehead atoms. The average molecular weight is 351 g/mol. The van der Waals surface area contributed by atoms with Gasteiger partial charge in [-0.3, -0.25) is 9.71 Å². The zero-order valence-corrected chi connectivity index (χ0v) is 13.6. The molecule has 0 fully saturated rings. The number of anilines is 1. The van der Waals surface area contributed by atoms with Crippen LogP contribution in [0.4, 0.5) is 10.1 Å². The van der Waals surface area contributed by atoms with E-state index in [0.717, 1.165) is 11.6 Å². The molecule has 118 valence electrons.